The first kappa shape index (κ1) is 14.0. The first-order valence-corrected chi connectivity index (χ1v) is 7.54. The van der Waals surface area contributed by atoms with E-state index in [2.05, 4.69) is 10.3 Å². The lowest BCUT2D eigenvalue weighted by Gasteiger charge is -2.21. The third-order valence-corrected chi connectivity index (χ3v) is 4.88. The molecule has 1 aliphatic heterocycles. The summed E-state index contributed by atoms with van der Waals surface area (Å²) in [6.07, 6.45) is 3.21. The third-order valence-electron chi connectivity index (χ3n) is 3.51. The van der Waals surface area contributed by atoms with Crippen LogP contribution in [0.3, 0.4) is 0 Å². The van der Waals surface area contributed by atoms with Gasteiger partial charge in [-0.2, -0.15) is 0 Å². The molecule has 0 aliphatic carbocycles. The van der Waals surface area contributed by atoms with Crippen LogP contribution >= 0.6 is 22.9 Å². The fraction of sp³-hybridized carbons (Fsp3) is 0.214. The Morgan fingerprint density at radius 1 is 1.43 bits per heavy atom. The van der Waals surface area contributed by atoms with Crippen LogP contribution in [0.2, 0.25) is 5.02 Å². The summed E-state index contributed by atoms with van der Waals surface area (Å²) in [5.74, 6) is -0.301. The van der Waals surface area contributed by atoms with Crippen molar-refractivity contribution in [1.82, 2.24) is 15.2 Å². The van der Waals surface area contributed by atoms with Crippen molar-refractivity contribution in [3.8, 4) is 0 Å². The molecular formula is C14H12ClN3O2S. The van der Waals surface area contributed by atoms with Crippen molar-refractivity contribution < 1.29 is 9.59 Å². The molecule has 0 aromatic carbocycles. The Morgan fingerprint density at radius 2 is 2.24 bits per heavy atom. The molecule has 0 bridgehead atoms. The lowest BCUT2D eigenvalue weighted by molar-refractivity contribution is -0.131. The van der Waals surface area contributed by atoms with Crippen molar-refractivity contribution >= 4 is 34.9 Å². The Bertz CT molecular complexity index is 703. The SMILES string of the molecule is C[C@]1(c2cccnc2)NC(=O)N(Cc2sccc2Cl)C1=O. The molecule has 3 amide bonds. The number of halogens is 1. The van der Waals surface area contributed by atoms with Crippen LogP contribution in [0.5, 0.6) is 0 Å². The number of thiophene rings is 1. The molecule has 21 heavy (non-hydrogen) atoms. The highest BCUT2D eigenvalue weighted by Gasteiger charge is 2.49. The molecule has 5 nitrogen and oxygen atoms in total. The number of imide groups is 1. The van der Waals surface area contributed by atoms with Crippen molar-refractivity contribution in [2.75, 3.05) is 0 Å². The van der Waals surface area contributed by atoms with Gasteiger partial charge in [-0.3, -0.25) is 14.7 Å². The van der Waals surface area contributed by atoms with Gasteiger partial charge in [-0.25, -0.2) is 4.79 Å². The van der Waals surface area contributed by atoms with Gasteiger partial charge in [0, 0.05) is 22.8 Å². The molecule has 108 valence electrons. The summed E-state index contributed by atoms with van der Waals surface area (Å²) in [5, 5.41) is 5.13. The summed E-state index contributed by atoms with van der Waals surface area (Å²) in [6, 6.07) is 4.84. The van der Waals surface area contributed by atoms with Crippen molar-refractivity contribution in [2.45, 2.75) is 19.0 Å². The van der Waals surface area contributed by atoms with E-state index in [1.165, 1.54) is 16.2 Å². The summed E-state index contributed by atoms with van der Waals surface area (Å²) in [7, 11) is 0. The van der Waals surface area contributed by atoms with Gasteiger partial charge >= 0.3 is 6.03 Å². The standard InChI is InChI=1S/C14H12ClN3O2S/c1-14(9-3-2-5-16-7-9)12(19)18(13(20)17-14)8-11-10(15)4-6-21-11/h2-7H,8H2,1H3,(H,17,20)/t14-/m1/s1. The fourth-order valence-electron chi connectivity index (χ4n) is 2.28. The minimum absolute atomic E-state index is 0.178. The molecule has 0 radical (unpaired) electrons. The maximum atomic E-state index is 12.7. The molecule has 3 heterocycles. The summed E-state index contributed by atoms with van der Waals surface area (Å²) in [5.41, 5.74) is -0.433. The van der Waals surface area contributed by atoms with Gasteiger partial charge in [-0.15, -0.1) is 11.3 Å². The number of hydrogen-bond donors (Lipinski definition) is 1. The van der Waals surface area contributed by atoms with Crippen LogP contribution in [0.4, 0.5) is 4.79 Å². The average Bonchev–Trinajstić information content (AvgIpc) is 2.98. The third kappa shape index (κ3) is 2.30. The molecule has 1 N–H and O–H groups in total. The first-order chi connectivity index (χ1) is 10.0. The molecule has 1 saturated heterocycles. The largest absolute Gasteiger partial charge is 0.325 e. The number of aromatic nitrogens is 1. The molecular weight excluding hydrogens is 310 g/mol. The molecule has 1 aliphatic rings. The van der Waals surface area contributed by atoms with E-state index in [-0.39, 0.29) is 12.5 Å². The van der Waals surface area contributed by atoms with Crippen LogP contribution in [0, 0.1) is 0 Å². The molecule has 7 heteroatoms. The molecule has 0 unspecified atom stereocenters. The maximum Gasteiger partial charge on any atom is 0.325 e. The second-order valence-electron chi connectivity index (χ2n) is 4.88. The summed E-state index contributed by atoms with van der Waals surface area (Å²) < 4.78 is 0. The van der Waals surface area contributed by atoms with Crippen LogP contribution in [0.15, 0.2) is 36.0 Å². The first-order valence-electron chi connectivity index (χ1n) is 6.29. The van der Waals surface area contributed by atoms with E-state index >= 15 is 0 Å². The fourth-order valence-corrected chi connectivity index (χ4v) is 3.36. The van der Waals surface area contributed by atoms with E-state index in [4.69, 9.17) is 11.6 Å². The van der Waals surface area contributed by atoms with Gasteiger partial charge in [0.05, 0.1) is 11.6 Å². The maximum absolute atomic E-state index is 12.7. The molecule has 3 rings (SSSR count). The summed E-state index contributed by atoms with van der Waals surface area (Å²) in [4.78, 5) is 30.8. The number of carbonyl (C=O) groups is 2. The highest BCUT2D eigenvalue weighted by atomic mass is 35.5. The molecule has 2 aromatic rings. The lowest BCUT2D eigenvalue weighted by atomic mass is 9.93. The predicted octanol–water partition coefficient (Wildman–Crippen LogP) is 2.76. The Labute approximate surface area is 130 Å². The van der Waals surface area contributed by atoms with Gasteiger partial charge in [0.2, 0.25) is 0 Å². The van der Waals surface area contributed by atoms with Gasteiger partial charge in [0.1, 0.15) is 5.54 Å². The minimum Gasteiger partial charge on any atom is -0.319 e. The Balaban J connectivity index is 1.91. The molecule has 0 saturated carbocycles. The Morgan fingerprint density at radius 3 is 2.86 bits per heavy atom. The quantitative estimate of drug-likeness (QED) is 0.884. The zero-order valence-corrected chi connectivity index (χ0v) is 12.7. The molecule has 0 spiro atoms. The minimum atomic E-state index is -1.09. The van der Waals surface area contributed by atoms with E-state index in [1.54, 1.807) is 37.5 Å². The van der Waals surface area contributed by atoms with Crippen LogP contribution in [-0.2, 0) is 16.9 Å². The second kappa shape index (κ2) is 5.13. The number of carbonyl (C=O) groups excluding carboxylic acids is 2. The van der Waals surface area contributed by atoms with E-state index in [0.717, 1.165) is 4.88 Å². The van der Waals surface area contributed by atoms with Crippen LogP contribution in [0.1, 0.15) is 17.4 Å². The van der Waals surface area contributed by atoms with E-state index in [0.29, 0.717) is 10.6 Å². The summed E-state index contributed by atoms with van der Waals surface area (Å²) >= 11 is 7.45. The number of nitrogens with zero attached hydrogens (tertiary/aromatic N) is 2. The average molecular weight is 322 g/mol. The van der Waals surface area contributed by atoms with Gasteiger partial charge in [-0.05, 0) is 24.4 Å². The van der Waals surface area contributed by atoms with Crippen molar-refractivity contribution in [1.29, 1.82) is 0 Å². The number of hydrogen-bond acceptors (Lipinski definition) is 4. The monoisotopic (exact) mass is 321 g/mol. The topological polar surface area (TPSA) is 62.3 Å². The highest BCUT2D eigenvalue weighted by Crippen LogP contribution is 2.31. The molecule has 2 aromatic heterocycles. The highest BCUT2D eigenvalue weighted by molar-refractivity contribution is 7.10. The number of urea groups is 1. The van der Waals surface area contributed by atoms with E-state index in [9.17, 15) is 9.59 Å². The van der Waals surface area contributed by atoms with Gasteiger partial charge in [0.15, 0.2) is 0 Å². The lowest BCUT2D eigenvalue weighted by Crippen LogP contribution is -2.40. The number of rotatable bonds is 3. The molecule has 1 atom stereocenters. The zero-order chi connectivity index (χ0) is 15.0. The normalized spacial score (nSPS) is 21.7. The Kier molecular flexibility index (Phi) is 3.43. The smallest absolute Gasteiger partial charge is 0.319 e. The van der Waals surface area contributed by atoms with Crippen LogP contribution in [-0.4, -0.2) is 21.8 Å². The number of pyridine rings is 1. The van der Waals surface area contributed by atoms with Crippen LogP contribution < -0.4 is 5.32 Å². The van der Waals surface area contributed by atoms with E-state index in [1.807, 2.05) is 5.38 Å². The number of nitrogens with one attached hydrogen (secondary N) is 1. The van der Waals surface area contributed by atoms with Crippen molar-refractivity contribution in [2.24, 2.45) is 0 Å². The second-order valence-corrected chi connectivity index (χ2v) is 6.29. The zero-order valence-electron chi connectivity index (χ0n) is 11.2. The van der Waals surface area contributed by atoms with Crippen molar-refractivity contribution in [3.63, 3.8) is 0 Å². The Hall–Kier alpha value is -1.92. The van der Waals surface area contributed by atoms with Crippen molar-refractivity contribution in [3.05, 3.63) is 51.4 Å². The van der Waals surface area contributed by atoms with E-state index < -0.39 is 11.6 Å². The van der Waals surface area contributed by atoms with Gasteiger partial charge in [0.25, 0.3) is 5.91 Å². The molecule has 1 fully saturated rings. The van der Waals surface area contributed by atoms with Gasteiger partial charge < -0.3 is 5.32 Å². The predicted molar refractivity (Wildman–Crippen MR) is 80.0 cm³/mol. The van der Waals surface area contributed by atoms with Gasteiger partial charge in [-0.1, -0.05) is 17.7 Å². The van der Waals surface area contributed by atoms with Crippen LogP contribution in [0.25, 0.3) is 0 Å². The summed E-state index contributed by atoms with van der Waals surface area (Å²) in [6.45, 7) is 1.86. The number of amides is 3.